The van der Waals surface area contributed by atoms with Crippen LogP contribution in [0.25, 0.3) is 0 Å². The quantitative estimate of drug-likeness (QED) is 0.775. The van der Waals surface area contributed by atoms with Crippen molar-refractivity contribution in [2.24, 2.45) is 0 Å². The molecule has 2 fully saturated rings. The van der Waals surface area contributed by atoms with Crippen molar-refractivity contribution in [3.8, 4) is 6.07 Å². The number of rotatable bonds is 1. The van der Waals surface area contributed by atoms with Gasteiger partial charge in [-0.15, -0.1) is 0 Å². The highest BCUT2D eigenvalue weighted by molar-refractivity contribution is 5.60. The first-order chi connectivity index (χ1) is 9.20. The van der Waals surface area contributed by atoms with Crippen molar-refractivity contribution >= 4 is 5.69 Å². The van der Waals surface area contributed by atoms with Gasteiger partial charge in [-0.2, -0.15) is 5.26 Å². The molecule has 0 N–H and O–H groups in total. The molecule has 1 aromatic carbocycles. The molecule has 0 aromatic heterocycles. The summed E-state index contributed by atoms with van der Waals surface area (Å²) < 4.78 is 13.7. The Morgan fingerprint density at radius 1 is 1.26 bits per heavy atom. The molecule has 2 saturated heterocycles. The monoisotopic (exact) mass is 259 g/mol. The van der Waals surface area contributed by atoms with Gasteiger partial charge in [0.1, 0.15) is 17.4 Å². The zero-order valence-corrected chi connectivity index (χ0v) is 11.1. The maximum absolute atomic E-state index is 13.7. The zero-order valence-electron chi connectivity index (χ0n) is 11.1. The van der Waals surface area contributed by atoms with Crippen LogP contribution in [0.4, 0.5) is 10.1 Å². The van der Waals surface area contributed by atoms with Crippen molar-refractivity contribution in [2.45, 2.75) is 31.3 Å². The van der Waals surface area contributed by atoms with Gasteiger partial charge in [0.05, 0.1) is 5.69 Å². The number of hydrogen-bond acceptors (Lipinski definition) is 3. The van der Waals surface area contributed by atoms with Crippen LogP contribution in [0.1, 0.15) is 24.8 Å². The first-order valence-corrected chi connectivity index (χ1v) is 6.86. The Hall–Kier alpha value is -1.60. The zero-order chi connectivity index (χ0) is 13.4. The van der Waals surface area contributed by atoms with E-state index in [4.69, 9.17) is 5.26 Å². The molecule has 1 aromatic rings. The average Bonchev–Trinajstić information content (AvgIpc) is 2.63. The lowest BCUT2D eigenvalue weighted by molar-refractivity contribution is 0.254. The van der Waals surface area contributed by atoms with Gasteiger partial charge >= 0.3 is 0 Å². The lowest BCUT2D eigenvalue weighted by atomic mass is 10.1. The summed E-state index contributed by atoms with van der Waals surface area (Å²) in [6, 6.07) is 8.10. The minimum Gasteiger partial charge on any atom is -0.369 e. The Morgan fingerprint density at radius 2 is 2.05 bits per heavy atom. The van der Waals surface area contributed by atoms with Gasteiger partial charge in [0, 0.05) is 25.2 Å². The van der Waals surface area contributed by atoms with Crippen LogP contribution in [0.15, 0.2) is 18.2 Å². The molecule has 100 valence electrons. The SMILES string of the molecule is CN1C2CCC1CN(c1cccc(F)c1C#N)CC2. The molecule has 2 atom stereocenters. The Kier molecular flexibility index (Phi) is 3.16. The van der Waals surface area contributed by atoms with Gasteiger partial charge in [-0.25, -0.2) is 4.39 Å². The third-order valence-corrected chi connectivity index (χ3v) is 4.59. The number of benzene rings is 1. The van der Waals surface area contributed by atoms with Crippen LogP contribution in [0, 0.1) is 17.1 Å². The molecular formula is C15H18FN3. The van der Waals surface area contributed by atoms with E-state index in [0.717, 1.165) is 25.2 Å². The van der Waals surface area contributed by atoms with Gasteiger partial charge in [-0.3, -0.25) is 4.90 Å². The van der Waals surface area contributed by atoms with E-state index in [9.17, 15) is 4.39 Å². The second-order valence-corrected chi connectivity index (χ2v) is 5.53. The molecule has 2 aliphatic rings. The maximum Gasteiger partial charge on any atom is 0.143 e. The first-order valence-electron chi connectivity index (χ1n) is 6.86. The topological polar surface area (TPSA) is 30.3 Å². The van der Waals surface area contributed by atoms with Crippen LogP contribution in [0.5, 0.6) is 0 Å². The lowest BCUT2D eigenvalue weighted by Gasteiger charge is -2.28. The molecule has 0 saturated carbocycles. The molecule has 0 radical (unpaired) electrons. The van der Waals surface area contributed by atoms with Crippen molar-refractivity contribution in [3.63, 3.8) is 0 Å². The summed E-state index contributed by atoms with van der Waals surface area (Å²) in [5.41, 5.74) is 0.936. The van der Waals surface area contributed by atoms with Crippen LogP contribution < -0.4 is 4.90 Å². The van der Waals surface area contributed by atoms with Gasteiger partial charge < -0.3 is 4.90 Å². The van der Waals surface area contributed by atoms with E-state index in [0.29, 0.717) is 12.1 Å². The van der Waals surface area contributed by atoms with Gasteiger partial charge in [-0.05, 0) is 38.4 Å². The summed E-state index contributed by atoms with van der Waals surface area (Å²) in [7, 11) is 2.18. The average molecular weight is 259 g/mol. The molecular weight excluding hydrogens is 241 g/mol. The Labute approximate surface area is 113 Å². The number of nitrogens with zero attached hydrogens (tertiary/aromatic N) is 3. The van der Waals surface area contributed by atoms with Gasteiger partial charge in [0.2, 0.25) is 0 Å². The van der Waals surface area contributed by atoms with E-state index in [1.165, 1.54) is 18.9 Å². The minimum atomic E-state index is -0.414. The van der Waals surface area contributed by atoms with E-state index in [1.54, 1.807) is 6.07 Å². The molecule has 19 heavy (non-hydrogen) atoms. The summed E-state index contributed by atoms with van der Waals surface area (Å²) in [5, 5.41) is 9.16. The van der Waals surface area contributed by atoms with Crippen molar-refractivity contribution in [2.75, 3.05) is 25.0 Å². The van der Waals surface area contributed by atoms with Crippen molar-refractivity contribution < 1.29 is 4.39 Å². The number of likely N-dealkylation sites (N-methyl/N-ethyl adjacent to an activating group) is 1. The summed E-state index contributed by atoms with van der Waals surface area (Å²) >= 11 is 0. The molecule has 2 bridgehead atoms. The minimum absolute atomic E-state index is 0.183. The second kappa shape index (κ2) is 4.82. The van der Waals surface area contributed by atoms with Crippen LogP contribution in [-0.4, -0.2) is 37.1 Å². The predicted octanol–water partition coefficient (Wildman–Crippen LogP) is 2.37. The van der Waals surface area contributed by atoms with Crippen LogP contribution in [-0.2, 0) is 0 Å². The first kappa shape index (κ1) is 12.4. The highest BCUT2D eigenvalue weighted by atomic mass is 19.1. The highest BCUT2D eigenvalue weighted by Gasteiger charge is 2.35. The smallest absolute Gasteiger partial charge is 0.143 e. The fourth-order valence-electron chi connectivity index (χ4n) is 3.41. The largest absolute Gasteiger partial charge is 0.369 e. The number of fused-ring (bicyclic) bond motifs is 2. The normalized spacial score (nSPS) is 27.1. The third-order valence-electron chi connectivity index (χ3n) is 4.59. The lowest BCUT2D eigenvalue weighted by Crippen LogP contribution is -2.37. The van der Waals surface area contributed by atoms with E-state index in [1.807, 2.05) is 12.1 Å². The fraction of sp³-hybridized carbons (Fsp3) is 0.533. The Bertz CT molecular complexity index is 523. The molecule has 0 amide bonds. The van der Waals surface area contributed by atoms with Gasteiger partial charge in [0.25, 0.3) is 0 Å². The Morgan fingerprint density at radius 3 is 2.84 bits per heavy atom. The predicted molar refractivity (Wildman–Crippen MR) is 72.5 cm³/mol. The Balaban J connectivity index is 1.91. The molecule has 2 aliphatic heterocycles. The van der Waals surface area contributed by atoms with Crippen LogP contribution in [0.2, 0.25) is 0 Å². The van der Waals surface area contributed by atoms with Crippen molar-refractivity contribution in [1.82, 2.24) is 4.90 Å². The number of hydrogen-bond donors (Lipinski definition) is 0. The summed E-state index contributed by atoms with van der Waals surface area (Å²) in [6.45, 7) is 1.80. The molecule has 4 heteroatoms. The van der Waals surface area contributed by atoms with E-state index < -0.39 is 5.82 Å². The number of anilines is 1. The summed E-state index contributed by atoms with van der Waals surface area (Å²) in [5.74, 6) is -0.414. The standard InChI is InChI=1S/C15H18FN3/c1-18-11-5-6-12(18)10-19(8-7-11)15-4-2-3-14(16)13(15)9-17/h2-4,11-12H,5-8,10H2,1H3. The van der Waals surface area contributed by atoms with Crippen LogP contribution in [0.3, 0.4) is 0 Å². The van der Waals surface area contributed by atoms with Crippen molar-refractivity contribution in [3.05, 3.63) is 29.6 Å². The molecule has 0 aliphatic carbocycles. The number of halogens is 1. The van der Waals surface area contributed by atoms with Crippen molar-refractivity contribution in [1.29, 1.82) is 5.26 Å². The van der Waals surface area contributed by atoms with E-state index in [2.05, 4.69) is 16.8 Å². The maximum atomic E-state index is 13.7. The molecule has 2 unspecified atom stereocenters. The van der Waals surface area contributed by atoms with Gasteiger partial charge in [0.15, 0.2) is 0 Å². The van der Waals surface area contributed by atoms with Crippen LogP contribution >= 0.6 is 0 Å². The third kappa shape index (κ3) is 2.08. The molecule has 0 spiro atoms. The van der Waals surface area contributed by atoms with Gasteiger partial charge in [-0.1, -0.05) is 6.07 Å². The molecule has 3 rings (SSSR count). The second-order valence-electron chi connectivity index (χ2n) is 5.53. The summed E-state index contributed by atoms with van der Waals surface area (Å²) in [4.78, 5) is 4.63. The molecule has 3 nitrogen and oxygen atoms in total. The fourth-order valence-corrected chi connectivity index (χ4v) is 3.41. The number of nitriles is 1. The molecule has 2 heterocycles. The highest BCUT2D eigenvalue weighted by Crippen LogP contribution is 2.32. The van der Waals surface area contributed by atoms with E-state index in [-0.39, 0.29) is 5.56 Å². The van der Waals surface area contributed by atoms with E-state index >= 15 is 0 Å². The summed E-state index contributed by atoms with van der Waals surface area (Å²) in [6.07, 6.45) is 3.56.